The molecule has 0 aliphatic carbocycles. The molecule has 0 amide bonds. The van der Waals surface area contributed by atoms with Crippen LogP contribution in [0.4, 0.5) is 0 Å². The fourth-order valence-corrected chi connectivity index (χ4v) is 1.83. The molecule has 0 radical (unpaired) electrons. The molecule has 0 aliphatic rings. The van der Waals surface area contributed by atoms with Gasteiger partial charge in [0.15, 0.2) is 0 Å². The summed E-state index contributed by atoms with van der Waals surface area (Å²) in [4.78, 5) is 10.3. The SMILES string of the molecule is O=C(O)CCCCC(O)c1ccc(I)cc1. The van der Waals surface area contributed by atoms with Crippen LogP contribution in [-0.2, 0) is 4.79 Å². The molecule has 0 bridgehead atoms. The molecule has 1 aromatic carbocycles. The lowest BCUT2D eigenvalue weighted by Crippen LogP contribution is -1.99. The number of hydrogen-bond donors (Lipinski definition) is 2. The monoisotopic (exact) mass is 334 g/mol. The zero-order chi connectivity index (χ0) is 12.0. The van der Waals surface area contributed by atoms with Crippen molar-refractivity contribution in [3.05, 3.63) is 33.4 Å². The van der Waals surface area contributed by atoms with Crippen LogP contribution in [0.1, 0.15) is 37.4 Å². The standard InChI is InChI=1S/C12H15IO3/c13-10-7-5-9(6-8-10)11(14)3-1-2-4-12(15)16/h5-8,11,14H,1-4H2,(H,15,16). The number of halogens is 1. The first kappa shape index (κ1) is 13.4. The van der Waals surface area contributed by atoms with Crippen LogP contribution in [0, 0.1) is 3.57 Å². The Morgan fingerprint density at radius 1 is 1.25 bits per heavy atom. The Hall–Kier alpha value is -0.620. The van der Waals surface area contributed by atoms with Gasteiger partial charge in [-0.3, -0.25) is 4.79 Å². The normalized spacial score (nSPS) is 12.4. The van der Waals surface area contributed by atoms with E-state index in [0.717, 1.165) is 15.6 Å². The fraction of sp³-hybridized carbons (Fsp3) is 0.417. The zero-order valence-corrected chi connectivity index (χ0v) is 11.1. The number of aliphatic hydroxyl groups is 1. The number of aliphatic hydroxyl groups excluding tert-OH is 1. The number of carbonyl (C=O) groups is 1. The second-order valence-electron chi connectivity index (χ2n) is 3.71. The van der Waals surface area contributed by atoms with Gasteiger partial charge in [-0.25, -0.2) is 0 Å². The van der Waals surface area contributed by atoms with Crippen molar-refractivity contribution in [3.63, 3.8) is 0 Å². The molecular weight excluding hydrogens is 319 g/mol. The highest BCUT2D eigenvalue weighted by atomic mass is 127. The first-order valence-corrected chi connectivity index (χ1v) is 6.33. The quantitative estimate of drug-likeness (QED) is 0.621. The Morgan fingerprint density at radius 2 is 1.88 bits per heavy atom. The van der Waals surface area contributed by atoms with Gasteiger partial charge in [-0.05, 0) is 59.5 Å². The van der Waals surface area contributed by atoms with Gasteiger partial charge < -0.3 is 10.2 Å². The van der Waals surface area contributed by atoms with E-state index in [1.165, 1.54) is 0 Å². The first-order valence-electron chi connectivity index (χ1n) is 5.25. The summed E-state index contributed by atoms with van der Waals surface area (Å²) < 4.78 is 1.14. The molecular formula is C12H15IO3. The van der Waals surface area contributed by atoms with Gasteiger partial charge in [-0.1, -0.05) is 12.1 Å². The van der Waals surface area contributed by atoms with E-state index in [9.17, 15) is 9.90 Å². The van der Waals surface area contributed by atoms with Gasteiger partial charge in [0.2, 0.25) is 0 Å². The van der Waals surface area contributed by atoms with Crippen molar-refractivity contribution in [1.29, 1.82) is 0 Å². The highest BCUT2D eigenvalue weighted by molar-refractivity contribution is 14.1. The summed E-state index contributed by atoms with van der Waals surface area (Å²) in [6.45, 7) is 0. The predicted octanol–water partition coefficient (Wildman–Crippen LogP) is 2.97. The minimum atomic E-state index is -0.774. The van der Waals surface area contributed by atoms with Crippen LogP contribution in [0.15, 0.2) is 24.3 Å². The van der Waals surface area contributed by atoms with Crippen LogP contribution in [-0.4, -0.2) is 16.2 Å². The minimum absolute atomic E-state index is 0.180. The maximum atomic E-state index is 10.3. The topological polar surface area (TPSA) is 57.5 Å². The molecule has 16 heavy (non-hydrogen) atoms. The van der Waals surface area contributed by atoms with Crippen molar-refractivity contribution in [2.75, 3.05) is 0 Å². The molecule has 0 aromatic heterocycles. The van der Waals surface area contributed by atoms with Crippen LogP contribution in [0.2, 0.25) is 0 Å². The Labute approximate surface area is 109 Å². The predicted molar refractivity (Wildman–Crippen MR) is 70.2 cm³/mol. The van der Waals surface area contributed by atoms with Crippen LogP contribution in [0.5, 0.6) is 0 Å². The van der Waals surface area contributed by atoms with Crippen molar-refractivity contribution in [3.8, 4) is 0 Å². The number of aliphatic carboxylic acids is 1. The molecule has 0 fully saturated rings. The largest absolute Gasteiger partial charge is 0.481 e. The second kappa shape index (κ2) is 6.85. The average Bonchev–Trinajstić information content (AvgIpc) is 2.25. The highest BCUT2D eigenvalue weighted by Crippen LogP contribution is 2.20. The van der Waals surface area contributed by atoms with Gasteiger partial charge in [0.25, 0.3) is 0 Å². The van der Waals surface area contributed by atoms with Gasteiger partial charge in [-0.2, -0.15) is 0 Å². The van der Waals surface area contributed by atoms with Crippen molar-refractivity contribution in [2.24, 2.45) is 0 Å². The number of benzene rings is 1. The van der Waals surface area contributed by atoms with E-state index in [-0.39, 0.29) is 6.42 Å². The number of rotatable bonds is 6. The lowest BCUT2D eigenvalue weighted by Gasteiger charge is -2.10. The molecule has 1 atom stereocenters. The molecule has 0 saturated heterocycles. The molecule has 0 spiro atoms. The van der Waals surface area contributed by atoms with E-state index in [0.29, 0.717) is 12.8 Å². The summed E-state index contributed by atoms with van der Waals surface area (Å²) >= 11 is 2.21. The van der Waals surface area contributed by atoms with Crippen LogP contribution in [0.3, 0.4) is 0 Å². The number of carboxylic acids is 1. The molecule has 0 saturated carbocycles. The van der Waals surface area contributed by atoms with Crippen molar-refractivity contribution in [1.82, 2.24) is 0 Å². The minimum Gasteiger partial charge on any atom is -0.481 e. The summed E-state index contributed by atoms with van der Waals surface area (Å²) in [6, 6.07) is 7.72. The molecule has 3 nitrogen and oxygen atoms in total. The molecule has 0 heterocycles. The van der Waals surface area contributed by atoms with Crippen LogP contribution < -0.4 is 0 Å². The van der Waals surface area contributed by atoms with Crippen LogP contribution in [0.25, 0.3) is 0 Å². The Bertz CT molecular complexity index is 335. The molecule has 1 rings (SSSR count). The van der Waals surface area contributed by atoms with E-state index < -0.39 is 12.1 Å². The number of carboxylic acid groups (broad SMARTS) is 1. The van der Waals surface area contributed by atoms with E-state index in [4.69, 9.17) is 5.11 Å². The van der Waals surface area contributed by atoms with Gasteiger partial charge >= 0.3 is 5.97 Å². The van der Waals surface area contributed by atoms with E-state index in [2.05, 4.69) is 22.6 Å². The maximum absolute atomic E-state index is 10.3. The summed E-state index contributed by atoms with van der Waals surface area (Å²) in [7, 11) is 0. The summed E-state index contributed by atoms with van der Waals surface area (Å²) in [6.07, 6.45) is 1.68. The Kier molecular flexibility index (Phi) is 5.76. The van der Waals surface area contributed by atoms with Gasteiger partial charge in [0, 0.05) is 9.99 Å². The Morgan fingerprint density at radius 3 is 2.44 bits per heavy atom. The Balaban J connectivity index is 2.32. The zero-order valence-electron chi connectivity index (χ0n) is 8.90. The second-order valence-corrected chi connectivity index (χ2v) is 4.95. The third-order valence-corrected chi connectivity index (χ3v) is 3.09. The summed E-state index contributed by atoms with van der Waals surface area (Å²) in [5.41, 5.74) is 0.899. The number of hydrogen-bond acceptors (Lipinski definition) is 2. The van der Waals surface area contributed by atoms with Crippen molar-refractivity contribution in [2.45, 2.75) is 31.8 Å². The third-order valence-electron chi connectivity index (χ3n) is 2.37. The van der Waals surface area contributed by atoms with E-state index >= 15 is 0 Å². The smallest absolute Gasteiger partial charge is 0.303 e. The highest BCUT2D eigenvalue weighted by Gasteiger charge is 2.07. The maximum Gasteiger partial charge on any atom is 0.303 e. The lowest BCUT2D eigenvalue weighted by atomic mass is 10.0. The molecule has 0 aliphatic heterocycles. The van der Waals surface area contributed by atoms with E-state index in [1.807, 2.05) is 24.3 Å². The van der Waals surface area contributed by atoms with Crippen molar-refractivity contribution >= 4 is 28.6 Å². The first-order chi connectivity index (χ1) is 7.59. The van der Waals surface area contributed by atoms with E-state index in [1.54, 1.807) is 0 Å². The molecule has 4 heteroatoms. The lowest BCUT2D eigenvalue weighted by molar-refractivity contribution is -0.137. The molecule has 1 aromatic rings. The number of unbranched alkanes of at least 4 members (excludes halogenated alkanes) is 1. The third kappa shape index (κ3) is 4.94. The average molecular weight is 334 g/mol. The van der Waals surface area contributed by atoms with Gasteiger partial charge in [0.1, 0.15) is 0 Å². The van der Waals surface area contributed by atoms with Gasteiger partial charge in [0.05, 0.1) is 6.10 Å². The van der Waals surface area contributed by atoms with Crippen LogP contribution >= 0.6 is 22.6 Å². The summed E-state index contributed by atoms with van der Waals surface area (Å²) in [5.74, 6) is -0.774. The van der Waals surface area contributed by atoms with Crippen molar-refractivity contribution < 1.29 is 15.0 Å². The van der Waals surface area contributed by atoms with Gasteiger partial charge in [-0.15, -0.1) is 0 Å². The molecule has 2 N–H and O–H groups in total. The fourth-order valence-electron chi connectivity index (χ4n) is 1.47. The summed E-state index contributed by atoms with van der Waals surface area (Å²) in [5, 5.41) is 18.3. The molecule has 88 valence electrons. The molecule has 1 unspecified atom stereocenters.